The molecule has 1 aliphatic heterocycles. The van der Waals surface area contributed by atoms with Crippen LogP contribution in [0.25, 0.3) is 0 Å². The molecule has 21 heavy (non-hydrogen) atoms. The topological polar surface area (TPSA) is 84.3 Å². The van der Waals surface area contributed by atoms with Crippen LogP contribution in [0.1, 0.15) is 31.2 Å². The van der Waals surface area contributed by atoms with Crippen LogP contribution < -0.4 is 5.32 Å². The second-order valence-electron chi connectivity index (χ2n) is 5.45. The molecule has 1 unspecified atom stereocenters. The first-order valence-electron chi connectivity index (χ1n) is 7.49. The molecule has 0 saturated carbocycles. The highest BCUT2D eigenvalue weighted by molar-refractivity contribution is 5.71. The third-order valence-electron chi connectivity index (χ3n) is 3.90. The number of nitrogens with one attached hydrogen (secondary N) is 1. The van der Waals surface area contributed by atoms with E-state index in [0.29, 0.717) is 25.7 Å². The van der Waals surface area contributed by atoms with E-state index < -0.39 is 11.9 Å². The van der Waals surface area contributed by atoms with Gasteiger partial charge in [0.15, 0.2) is 0 Å². The summed E-state index contributed by atoms with van der Waals surface area (Å²) in [6.45, 7) is 5.60. The van der Waals surface area contributed by atoms with Crippen molar-refractivity contribution in [3.63, 3.8) is 0 Å². The van der Waals surface area contributed by atoms with Gasteiger partial charge in [0.2, 0.25) is 5.95 Å². The van der Waals surface area contributed by atoms with E-state index >= 15 is 0 Å². The van der Waals surface area contributed by atoms with E-state index in [1.165, 1.54) is 0 Å². The first-order chi connectivity index (χ1) is 10.1. The number of rotatable bonds is 6. The third-order valence-corrected chi connectivity index (χ3v) is 3.90. The van der Waals surface area contributed by atoms with Gasteiger partial charge >= 0.3 is 5.97 Å². The summed E-state index contributed by atoms with van der Waals surface area (Å²) < 4.78 is 5.30. The number of carboxylic acid groups (broad SMARTS) is 1. The molecule has 2 rings (SSSR count). The van der Waals surface area contributed by atoms with Crippen LogP contribution in [0.2, 0.25) is 0 Å². The first-order valence-corrected chi connectivity index (χ1v) is 7.49. The Hall–Kier alpha value is -1.69. The van der Waals surface area contributed by atoms with Crippen LogP contribution in [0.5, 0.6) is 0 Å². The number of aliphatic carboxylic acids is 1. The van der Waals surface area contributed by atoms with Gasteiger partial charge in [-0.05, 0) is 38.2 Å². The van der Waals surface area contributed by atoms with Gasteiger partial charge in [-0.2, -0.15) is 0 Å². The standard InChI is InChI=1S/C15H23N3O3/c1-3-12-8-10(2)17-15(18-12)16-9-13(14(19)20)11-4-6-21-7-5-11/h8,11,13H,3-7,9H2,1-2H3,(H,19,20)(H,16,17,18). The Morgan fingerprint density at radius 3 is 2.81 bits per heavy atom. The molecule has 6 heteroatoms. The average Bonchev–Trinajstić information content (AvgIpc) is 2.47. The maximum atomic E-state index is 11.5. The van der Waals surface area contributed by atoms with Gasteiger partial charge in [-0.15, -0.1) is 0 Å². The predicted molar refractivity (Wildman–Crippen MR) is 79.3 cm³/mol. The second-order valence-corrected chi connectivity index (χ2v) is 5.45. The minimum atomic E-state index is -0.766. The van der Waals surface area contributed by atoms with Crippen molar-refractivity contribution in [3.05, 3.63) is 17.5 Å². The molecule has 0 amide bonds. The van der Waals surface area contributed by atoms with Gasteiger partial charge < -0.3 is 15.2 Å². The quantitative estimate of drug-likeness (QED) is 0.833. The van der Waals surface area contributed by atoms with Gasteiger partial charge in [-0.25, -0.2) is 9.97 Å². The molecule has 1 aliphatic rings. The van der Waals surface area contributed by atoms with Gasteiger partial charge in [0.1, 0.15) is 0 Å². The highest BCUT2D eigenvalue weighted by Gasteiger charge is 2.29. The summed E-state index contributed by atoms with van der Waals surface area (Å²) in [7, 11) is 0. The molecule has 0 spiro atoms. The Labute approximate surface area is 124 Å². The van der Waals surface area contributed by atoms with Gasteiger partial charge in [0, 0.05) is 31.1 Å². The molecule has 1 aromatic heterocycles. The van der Waals surface area contributed by atoms with Crippen molar-refractivity contribution in [2.75, 3.05) is 25.1 Å². The molecule has 116 valence electrons. The molecule has 0 bridgehead atoms. The summed E-state index contributed by atoms with van der Waals surface area (Å²) in [5.74, 6) is -0.523. The van der Waals surface area contributed by atoms with Gasteiger partial charge in [0.05, 0.1) is 5.92 Å². The highest BCUT2D eigenvalue weighted by atomic mass is 16.5. The number of hydrogen-bond donors (Lipinski definition) is 2. The van der Waals surface area contributed by atoms with E-state index in [0.717, 1.165) is 30.7 Å². The van der Waals surface area contributed by atoms with Crippen molar-refractivity contribution >= 4 is 11.9 Å². The lowest BCUT2D eigenvalue weighted by molar-refractivity contribution is -0.144. The van der Waals surface area contributed by atoms with E-state index in [1.807, 2.05) is 19.9 Å². The molecule has 1 atom stereocenters. The molecule has 0 aromatic carbocycles. The zero-order valence-corrected chi connectivity index (χ0v) is 12.6. The van der Waals surface area contributed by atoms with Crippen LogP contribution in [0, 0.1) is 18.8 Å². The normalized spacial score (nSPS) is 17.4. The van der Waals surface area contributed by atoms with Crippen LogP contribution in [-0.4, -0.2) is 40.8 Å². The molecular formula is C15H23N3O3. The van der Waals surface area contributed by atoms with Crippen molar-refractivity contribution in [2.24, 2.45) is 11.8 Å². The average molecular weight is 293 g/mol. The summed E-state index contributed by atoms with van der Waals surface area (Å²) in [5.41, 5.74) is 1.85. The Morgan fingerprint density at radius 2 is 2.19 bits per heavy atom. The summed E-state index contributed by atoms with van der Waals surface area (Å²) in [5, 5.41) is 12.5. The minimum absolute atomic E-state index is 0.152. The molecule has 6 nitrogen and oxygen atoms in total. The number of aromatic nitrogens is 2. The van der Waals surface area contributed by atoms with Crippen LogP contribution in [-0.2, 0) is 16.0 Å². The fourth-order valence-electron chi connectivity index (χ4n) is 2.67. The number of carboxylic acids is 1. The largest absolute Gasteiger partial charge is 0.481 e. The molecule has 1 fully saturated rings. The second kappa shape index (κ2) is 7.36. The van der Waals surface area contributed by atoms with Crippen molar-refractivity contribution in [3.8, 4) is 0 Å². The lowest BCUT2D eigenvalue weighted by atomic mass is 9.86. The predicted octanol–water partition coefficient (Wildman–Crippen LogP) is 1.89. The van der Waals surface area contributed by atoms with Crippen LogP contribution in [0.3, 0.4) is 0 Å². The fraction of sp³-hybridized carbons (Fsp3) is 0.667. The molecule has 2 N–H and O–H groups in total. The maximum absolute atomic E-state index is 11.5. The SMILES string of the molecule is CCc1cc(C)nc(NCC(C(=O)O)C2CCOCC2)n1. The highest BCUT2D eigenvalue weighted by Crippen LogP contribution is 2.24. The molecule has 1 aromatic rings. The molecule has 2 heterocycles. The van der Waals surface area contributed by atoms with Gasteiger partial charge in [-0.1, -0.05) is 6.92 Å². The lowest BCUT2D eigenvalue weighted by Crippen LogP contribution is -2.34. The van der Waals surface area contributed by atoms with Crippen molar-refractivity contribution in [1.29, 1.82) is 0 Å². The molecule has 0 aliphatic carbocycles. The van der Waals surface area contributed by atoms with Crippen molar-refractivity contribution in [2.45, 2.75) is 33.1 Å². The molecule has 0 radical (unpaired) electrons. The van der Waals surface area contributed by atoms with E-state index in [-0.39, 0.29) is 5.92 Å². The van der Waals surface area contributed by atoms with E-state index in [2.05, 4.69) is 15.3 Å². The van der Waals surface area contributed by atoms with Gasteiger partial charge in [0.25, 0.3) is 0 Å². The number of nitrogens with zero attached hydrogens (tertiary/aromatic N) is 2. The van der Waals surface area contributed by atoms with Crippen molar-refractivity contribution in [1.82, 2.24) is 9.97 Å². The van der Waals surface area contributed by atoms with E-state index in [9.17, 15) is 9.90 Å². The number of anilines is 1. The van der Waals surface area contributed by atoms with E-state index in [4.69, 9.17) is 4.74 Å². The minimum Gasteiger partial charge on any atom is -0.481 e. The molecule has 1 saturated heterocycles. The van der Waals surface area contributed by atoms with Crippen LogP contribution in [0.15, 0.2) is 6.07 Å². The van der Waals surface area contributed by atoms with Crippen LogP contribution in [0.4, 0.5) is 5.95 Å². The number of carbonyl (C=O) groups is 1. The Morgan fingerprint density at radius 1 is 1.48 bits per heavy atom. The fourth-order valence-corrected chi connectivity index (χ4v) is 2.67. The smallest absolute Gasteiger partial charge is 0.308 e. The Balaban J connectivity index is 2.01. The Kier molecular flexibility index (Phi) is 5.50. The summed E-state index contributed by atoms with van der Waals surface area (Å²) in [4.78, 5) is 20.2. The Bertz CT molecular complexity index is 487. The lowest BCUT2D eigenvalue weighted by Gasteiger charge is -2.27. The number of hydrogen-bond acceptors (Lipinski definition) is 5. The van der Waals surface area contributed by atoms with Gasteiger partial charge in [-0.3, -0.25) is 4.79 Å². The van der Waals surface area contributed by atoms with Crippen molar-refractivity contribution < 1.29 is 14.6 Å². The zero-order valence-electron chi connectivity index (χ0n) is 12.6. The first kappa shape index (κ1) is 15.7. The molecular weight excluding hydrogens is 270 g/mol. The third kappa shape index (κ3) is 4.39. The monoisotopic (exact) mass is 293 g/mol. The van der Waals surface area contributed by atoms with E-state index in [1.54, 1.807) is 0 Å². The zero-order chi connectivity index (χ0) is 15.2. The summed E-state index contributed by atoms with van der Waals surface area (Å²) >= 11 is 0. The summed E-state index contributed by atoms with van der Waals surface area (Å²) in [6.07, 6.45) is 2.43. The summed E-state index contributed by atoms with van der Waals surface area (Å²) in [6, 6.07) is 1.94. The maximum Gasteiger partial charge on any atom is 0.308 e. The van der Waals surface area contributed by atoms with Crippen LogP contribution >= 0.6 is 0 Å². The number of aryl methyl sites for hydroxylation is 2. The number of ether oxygens (including phenoxy) is 1.